The van der Waals surface area contributed by atoms with Gasteiger partial charge in [-0.25, -0.2) is 4.39 Å². The number of halogens is 1. The Hall–Kier alpha value is -0.515. The van der Waals surface area contributed by atoms with Crippen molar-refractivity contribution in [3.05, 3.63) is 24.0 Å². The molecule has 1 rings (SSSR count). The monoisotopic (exact) mass is 200 g/mol. The van der Waals surface area contributed by atoms with E-state index in [-0.39, 0.29) is 5.46 Å². The molecule has 0 aliphatic carbocycles. The smallest absolute Gasteiger partial charge is 0.423 e. The van der Waals surface area contributed by atoms with Crippen molar-refractivity contribution in [2.24, 2.45) is 0 Å². The second-order valence-corrected chi connectivity index (χ2v) is 3.83. The lowest BCUT2D eigenvalue weighted by molar-refractivity contribution is 0.423. The van der Waals surface area contributed by atoms with Gasteiger partial charge in [0.05, 0.1) is 0 Å². The lowest BCUT2D eigenvalue weighted by atomic mass is 9.80. The fourth-order valence-corrected chi connectivity index (χ4v) is 1.68. The third-order valence-electron chi connectivity index (χ3n) is 1.56. The van der Waals surface area contributed by atoms with Gasteiger partial charge in [-0.05, 0) is 24.0 Å². The van der Waals surface area contributed by atoms with Crippen molar-refractivity contribution in [1.82, 2.24) is 0 Å². The Morgan fingerprint density at radius 3 is 2.69 bits per heavy atom. The van der Waals surface area contributed by atoms with E-state index < -0.39 is 12.9 Å². The summed E-state index contributed by atoms with van der Waals surface area (Å²) < 4.78 is 12.9. The molecule has 0 radical (unpaired) electrons. The number of thioether (sulfide) groups is 1. The van der Waals surface area contributed by atoms with Gasteiger partial charge in [0.25, 0.3) is 0 Å². The normalized spacial score (nSPS) is 10.2. The molecule has 1 aromatic rings. The summed E-state index contributed by atoms with van der Waals surface area (Å²) in [6.45, 7) is 1.98. The summed E-state index contributed by atoms with van der Waals surface area (Å²) in [7, 11) is -1.74. The molecule has 0 bridgehead atoms. The van der Waals surface area contributed by atoms with Crippen LogP contribution in [-0.2, 0) is 0 Å². The minimum atomic E-state index is -1.74. The van der Waals surface area contributed by atoms with Gasteiger partial charge in [-0.3, -0.25) is 0 Å². The third-order valence-corrected chi connectivity index (χ3v) is 2.43. The zero-order chi connectivity index (χ0) is 9.84. The first-order chi connectivity index (χ1) is 6.15. The molecule has 0 aliphatic rings. The Balaban J connectivity index is 2.97. The van der Waals surface area contributed by atoms with Crippen molar-refractivity contribution in [1.29, 1.82) is 0 Å². The predicted octanol–water partition coefficient (Wildman–Crippen LogP) is 0.617. The quantitative estimate of drug-likeness (QED) is 0.555. The molecule has 2 N–H and O–H groups in total. The summed E-state index contributed by atoms with van der Waals surface area (Å²) in [5.74, 6) is 0.280. The lowest BCUT2D eigenvalue weighted by Crippen LogP contribution is -2.32. The van der Waals surface area contributed by atoms with E-state index in [0.717, 1.165) is 10.6 Å². The number of hydrogen-bond acceptors (Lipinski definition) is 3. The second-order valence-electron chi connectivity index (χ2n) is 2.49. The van der Waals surface area contributed by atoms with Crippen LogP contribution in [0.15, 0.2) is 23.1 Å². The summed E-state index contributed by atoms with van der Waals surface area (Å²) in [5, 5.41) is 17.6. The van der Waals surface area contributed by atoms with Crippen LogP contribution >= 0.6 is 11.8 Å². The molecule has 0 aromatic heterocycles. The average Bonchev–Trinajstić information content (AvgIpc) is 2.08. The average molecular weight is 200 g/mol. The van der Waals surface area contributed by atoms with Crippen LogP contribution in [-0.4, -0.2) is 22.9 Å². The van der Waals surface area contributed by atoms with Crippen LogP contribution in [0.1, 0.15) is 6.92 Å². The highest BCUT2D eigenvalue weighted by molar-refractivity contribution is 7.99. The largest absolute Gasteiger partial charge is 0.491 e. The van der Waals surface area contributed by atoms with Crippen molar-refractivity contribution in [3.63, 3.8) is 0 Å². The van der Waals surface area contributed by atoms with Crippen LogP contribution in [0.3, 0.4) is 0 Å². The van der Waals surface area contributed by atoms with Crippen LogP contribution in [0.5, 0.6) is 0 Å². The van der Waals surface area contributed by atoms with E-state index in [4.69, 9.17) is 10.0 Å². The Morgan fingerprint density at radius 1 is 1.46 bits per heavy atom. The van der Waals surface area contributed by atoms with Crippen molar-refractivity contribution in [3.8, 4) is 0 Å². The zero-order valence-electron chi connectivity index (χ0n) is 7.20. The molecule has 0 aliphatic heterocycles. The summed E-state index contributed by atoms with van der Waals surface area (Å²) in [5.41, 5.74) is -0.0709. The van der Waals surface area contributed by atoms with E-state index in [1.165, 1.54) is 23.9 Å². The summed E-state index contributed by atoms with van der Waals surface area (Å²) in [4.78, 5) is 0.840. The molecule has 0 spiro atoms. The van der Waals surface area contributed by atoms with E-state index in [2.05, 4.69) is 0 Å². The van der Waals surface area contributed by atoms with Crippen LogP contribution < -0.4 is 5.46 Å². The molecule has 0 saturated heterocycles. The number of hydrogen-bond donors (Lipinski definition) is 2. The highest BCUT2D eigenvalue weighted by atomic mass is 32.2. The topological polar surface area (TPSA) is 40.5 Å². The Bertz CT molecular complexity index is 293. The Kier molecular flexibility index (Phi) is 3.78. The van der Waals surface area contributed by atoms with Crippen molar-refractivity contribution in [2.45, 2.75) is 11.8 Å². The molecular formula is C8H10BFO2S. The number of benzene rings is 1. The zero-order valence-corrected chi connectivity index (χ0v) is 8.01. The second kappa shape index (κ2) is 4.65. The maximum Gasteiger partial charge on any atom is 0.491 e. The van der Waals surface area contributed by atoms with E-state index in [1.807, 2.05) is 6.92 Å². The third kappa shape index (κ3) is 2.72. The van der Waals surface area contributed by atoms with Crippen LogP contribution in [0.25, 0.3) is 0 Å². The van der Waals surface area contributed by atoms with E-state index in [0.29, 0.717) is 0 Å². The fraction of sp³-hybridized carbons (Fsp3) is 0.250. The molecule has 1 aromatic carbocycles. The van der Waals surface area contributed by atoms with Crippen LogP contribution in [0, 0.1) is 5.82 Å². The first-order valence-electron chi connectivity index (χ1n) is 3.93. The summed E-state index contributed by atoms with van der Waals surface area (Å²) in [6.07, 6.45) is 0. The molecule has 0 amide bonds. The van der Waals surface area contributed by atoms with Crippen LogP contribution in [0.4, 0.5) is 4.39 Å². The van der Waals surface area contributed by atoms with Gasteiger partial charge in [0.2, 0.25) is 0 Å². The maximum absolute atomic E-state index is 12.9. The lowest BCUT2D eigenvalue weighted by Gasteiger charge is -2.04. The number of rotatable bonds is 3. The van der Waals surface area contributed by atoms with Gasteiger partial charge in [-0.2, -0.15) is 0 Å². The predicted molar refractivity (Wildman–Crippen MR) is 52.6 cm³/mol. The Labute approximate surface area is 80.9 Å². The van der Waals surface area contributed by atoms with E-state index in [1.54, 1.807) is 6.07 Å². The SMILES string of the molecule is CCSc1ccc(F)c(B(O)O)c1. The molecule has 0 heterocycles. The van der Waals surface area contributed by atoms with Gasteiger partial charge in [0, 0.05) is 10.4 Å². The molecule has 5 heteroatoms. The van der Waals surface area contributed by atoms with Crippen molar-refractivity contribution in [2.75, 3.05) is 5.75 Å². The molecule has 70 valence electrons. The summed E-state index contributed by atoms with van der Waals surface area (Å²) in [6, 6.07) is 4.32. The van der Waals surface area contributed by atoms with E-state index >= 15 is 0 Å². The highest BCUT2D eigenvalue weighted by Crippen LogP contribution is 2.16. The molecule has 0 fully saturated rings. The van der Waals surface area contributed by atoms with Gasteiger partial charge in [-0.15, -0.1) is 11.8 Å². The van der Waals surface area contributed by atoms with Gasteiger partial charge in [0.1, 0.15) is 5.82 Å². The van der Waals surface area contributed by atoms with Gasteiger partial charge in [-0.1, -0.05) is 6.92 Å². The van der Waals surface area contributed by atoms with Crippen LogP contribution in [0.2, 0.25) is 0 Å². The molecule has 0 saturated carbocycles. The fourth-order valence-electron chi connectivity index (χ4n) is 0.976. The van der Waals surface area contributed by atoms with Crippen molar-refractivity contribution >= 4 is 24.3 Å². The van der Waals surface area contributed by atoms with Gasteiger partial charge in [0.15, 0.2) is 0 Å². The first kappa shape index (κ1) is 10.6. The molecule has 2 nitrogen and oxygen atoms in total. The minimum Gasteiger partial charge on any atom is -0.423 e. The Morgan fingerprint density at radius 2 is 2.15 bits per heavy atom. The minimum absolute atomic E-state index is 0.0709. The van der Waals surface area contributed by atoms with E-state index in [9.17, 15) is 4.39 Å². The maximum atomic E-state index is 12.9. The highest BCUT2D eigenvalue weighted by Gasteiger charge is 2.16. The van der Waals surface area contributed by atoms with Gasteiger partial charge < -0.3 is 10.0 Å². The van der Waals surface area contributed by atoms with Gasteiger partial charge >= 0.3 is 7.12 Å². The molecular weight excluding hydrogens is 190 g/mol. The molecule has 13 heavy (non-hydrogen) atoms. The molecule has 0 unspecified atom stereocenters. The van der Waals surface area contributed by atoms with Crippen molar-refractivity contribution < 1.29 is 14.4 Å². The summed E-state index contributed by atoms with van der Waals surface area (Å²) >= 11 is 1.53. The first-order valence-corrected chi connectivity index (χ1v) is 4.92. The standard InChI is InChI=1S/C8H10BFO2S/c1-2-13-6-3-4-8(10)7(5-6)9(11)12/h3-5,11-12H,2H2,1H3. The molecule has 0 atom stereocenters.